The molecule has 4 rings (SSSR count). The van der Waals surface area contributed by atoms with Gasteiger partial charge in [0.15, 0.2) is 25.2 Å². The van der Waals surface area contributed by atoms with Gasteiger partial charge >= 0.3 is 0 Å². The summed E-state index contributed by atoms with van der Waals surface area (Å²) in [7, 11) is 0. The Labute approximate surface area is 262 Å². The van der Waals surface area contributed by atoms with Gasteiger partial charge in [0.05, 0.1) is 25.4 Å². The molecule has 4 heterocycles. The van der Waals surface area contributed by atoms with Gasteiger partial charge in [0.1, 0.15) is 85.4 Å². The Hall–Kier alpha value is -1.25. The number of amides is 1. The third kappa shape index (κ3) is 7.64. The molecule has 20 heteroatoms. The normalized spacial score (nSPS) is 51.9. The van der Waals surface area contributed by atoms with Gasteiger partial charge in [-0.15, -0.1) is 0 Å². The number of aliphatic hydroxyl groups is 11. The maximum absolute atomic E-state index is 11.9. The number of carbonyl (C=O) groups is 1. The molecule has 0 aliphatic carbocycles. The Morgan fingerprint density at radius 3 is 1.67 bits per heavy atom. The molecule has 0 spiro atoms. The minimum absolute atomic E-state index is 0.669. The zero-order chi connectivity index (χ0) is 34.2. The van der Waals surface area contributed by atoms with E-state index in [-0.39, 0.29) is 0 Å². The molecule has 1 amide bonds. The van der Waals surface area contributed by atoms with Gasteiger partial charge < -0.3 is 94.6 Å². The van der Waals surface area contributed by atoms with Crippen LogP contribution in [0.2, 0.25) is 0 Å². The highest BCUT2D eigenvalue weighted by Crippen LogP contribution is 2.34. The number of rotatable bonds is 9. The van der Waals surface area contributed by atoms with Gasteiger partial charge in [-0.25, -0.2) is 0 Å². The van der Waals surface area contributed by atoms with Crippen molar-refractivity contribution in [3.63, 3.8) is 0 Å². The molecule has 0 aromatic carbocycles. The maximum atomic E-state index is 11.9. The highest BCUT2D eigenvalue weighted by Gasteiger charge is 2.55. The monoisotopic (exact) mass is 675 g/mol. The predicted octanol–water partition coefficient (Wildman–Crippen LogP) is -7.55. The van der Waals surface area contributed by atoms with Crippen LogP contribution < -0.4 is 5.32 Å². The number of carbonyl (C=O) groups excluding carboxylic acids is 1. The number of hydrogen-bond donors (Lipinski definition) is 12. The summed E-state index contributed by atoms with van der Waals surface area (Å²) in [6.45, 7) is 2.26. The molecule has 0 bridgehead atoms. The van der Waals surface area contributed by atoms with E-state index in [0.717, 1.165) is 6.92 Å². The van der Waals surface area contributed by atoms with Crippen molar-refractivity contribution in [3.8, 4) is 0 Å². The fourth-order valence-corrected chi connectivity index (χ4v) is 5.81. The van der Waals surface area contributed by atoms with Crippen LogP contribution in [0.25, 0.3) is 0 Å². The van der Waals surface area contributed by atoms with E-state index in [1.165, 1.54) is 13.8 Å². The number of nitrogens with one attached hydrogen (secondary N) is 1. The van der Waals surface area contributed by atoms with Crippen molar-refractivity contribution in [3.05, 3.63) is 0 Å². The van der Waals surface area contributed by atoms with Crippen molar-refractivity contribution in [2.75, 3.05) is 13.2 Å². The molecule has 0 radical (unpaired) electrons. The molecule has 268 valence electrons. The second-order valence-electron chi connectivity index (χ2n) is 11.8. The lowest BCUT2D eigenvalue weighted by atomic mass is 9.95. The fourth-order valence-electron chi connectivity index (χ4n) is 5.81. The van der Waals surface area contributed by atoms with E-state index >= 15 is 0 Å². The lowest BCUT2D eigenvalue weighted by Crippen LogP contribution is -2.69. The molecule has 4 aliphatic heterocycles. The van der Waals surface area contributed by atoms with Crippen LogP contribution in [0.4, 0.5) is 0 Å². The second-order valence-corrected chi connectivity index (χ2v) is 11.8. The summed E-state index contributed by atoms with van der Waals surface area (Å²) < 4.78 is 39.1. The first kappa shape index (κ1) is 37.6. The smallest absolute Gasteiger partial charge is 0.217 e. The molecule has 0 saturated carbocycles. The zero-order valence-electron chi connectivity index (χ0n) is 25.1. The van der Waals surface area contributed by atoms with Gasteiger partial charge in [0.2, 0.25) is 5.91 Å². The van der Waals surface area contributed by atoms with E-state index in [4.69, 9.17) is 33.2 Å². The largest absolute Gasteiger partial charge is 0.394 e. The van der Waals surface area contributed by atoms with Crippen molar-refractivity contribution < 1.29 is 94.1 Å². The summed E-state index contributed by atoms with van der Waals surface area (Å²) in [5.41, 5.74) is 0. The first-order valence-electron chi connectivity index (χ1n) is 14.8. The molecule has 1 unspecified atom stereocenters. The Bertz CT molecular complexity index is 997. The summed E-state index contributed by atoms with van der Waals surface area (Å²) in [5.74, 6) is -0.669. The second kappa shape index (κ2) is 15.5. The van der Waals surface area contributed by atoms with Crippen molar-refractivity contribution >= 4 is 5.91 Å². The Morgan fingerprint density at radius 2 is 1.09 bits per heavy atom. The van der Waals surface area contributed by atoms with Gasteiger partial charge in [0, 0.05) is 6.92 Å². The first-order valence-corrected chi connectivity index (χ1v) is 14.8. The van der Waals surface area contributed by atoms with Crippen LogP contribution in [-0.4, -0.2) is 198 Å². The maximum Gasteiger partial charge on any atom is 0.217 e. The number of ether oxygens (including phenoxy) is 7. The van der Waals surface area contributed by atoms with Crippen LogP contribution >= 0.6 is 0 Å². The van der Waals surface area contributed by atoms with Crippen LogP contribution in [0.1, 0.15) is 20.8 Å². The van der Waals surface area contributed by atoms with E-state index in [1.54, 1.807) is 0 Å². The standard InChI is InChI=1S/C26H45NO19/c1-6-12(31)16(35)18(37)24(40-6)45-21-13(32)7(2)41-25(19(21)38)46-22-17(36)14(33)9(4-28)43-26(22)44-20-11(27-8(3)30)23(39)42-10(5-29)15(20)34/h6-7,9-26,28-29,31-39H,4-5H2,1-3H3,(H,27,30)/t6-,7-,9+,10+,11+,12-,13-,14-,15+,16+,17-,18+,19+,20+,21+,22+,23?,24-,25-,26+/m0/s1. The summed E-state index contributed by atoms with van der Waals surface area (Å²) in [4.78, 5) is 11.9. The summed E-state index contributed by atoms with van der Waals surface area (Å²) >= 11 is 0. The molecular weight excluding hydrogens is 630 g/mol. The molecule has 12 N–H and O–H groups in total. The Kier molecular flexibility index (Phi) is 12.7. The van der Waals surface area contributed by atoms with Crippen LogP contribution in [0.15, 0.2) is 0 Å². The van der Waals surface area contributed by atoms with Crippen LogP contribution in [0.5, 0.6) is 0 Å². The average Bonchev–Trinajstić information content (AvgIpc) is 3.01. The third-order valence-electron chi connectivity index (χ3n) is 8.53. The van der Waals surface area contributed by atoms with E-state index in [0.29, 0.717) is 0 Å². The van der Waals surface area contributed by atoms with Crippen LogP contribution in [0, 0.1) is 0 Å². The summed E-state index contributed by atoms with van der Waals surface area (Å²) in [5, 5.41) is 117. The molecule has 0 aromatic rings. The minimum Gasteiger partial charge on any atom is -0.394 e. The van der Waals surface area contributed by atoms with Crippen LogP contribution in [0.3, 0.4) is 0 Å². The molecule has 0 aromatic heterocycles. The van der Waals surface area contributed by atoms with E-state index in [9.17, 15) is 61.0 Å². The Morgan fingerprint density at radius 1 is 0.565 bits per heavy atom. The van der Waals surface area contributed by atoms with Crippen molar-refractivity contribution in [1.82, 2.24) is 5.32 Å². The molecule has 4 aliphatic rings. The average molecular weight is 676 g/mol. The molecule has 46 heavy (non-hydrogen) atoms. The first-order chi connectivity index (χ1) is 21.6. The van der Waals surface area contributed by atoms with Crippen molar-refractivity contribution in [1.29, 1.82) is 0 Å². The van der Waals surface area contributed by atoms with Gasteiger partial charge in [-0.2, -0.15) is 0 Å². The molecular formula is C26H45NO19. The molecule has 4 fully saturated rings. The highest BCUT2D eigenvalue weighted by atomic mass is 16.8. The lowest BCUT2D eigenvalue weighted by molar-refractivity contribution is -0.390. The topological polar surface area (TPSA) is 316 Å². The van der Waals surface area contributed by atoms with Crippen LogP contribution in [-0.2, 0) is 38.0 Å². The number of hydrogen-bond acceptors (Lipinski definition) is 19. The van der Waals surface area contributed by atoms with Crippen molar-refractivity contribution in [2.24, 2.45) is 0 Å². The molecule has 4 saturated heterocycles. The fraction of sp³-hybridized carbons (Fsp3) is 0.962. The van der Waals surface area contributed by atoms with E-state index in [2.05, 4.69) is 5.32 Å². The van der Waals surface area contributed by atoms with Gasteiger partial charge in [0.25, 0.3) is 0 Å². The highest BCUT2D eigenvalue weighted by molar-refractivity contribution is 5.73. The summed E-state index contributed by atoms with van der Waals surface area (Å²) in [6.07, 6.45) is -31.0. The van der Waals surface area contributed by atoms with Gasteiger partial charge in [-0.1, -0.05) is 0 Å². The Balaban J connectivity index is 1.58. The predicted molar refractivity (Wildman–Crippen MR) is 143 cm³/mol. The van der Waals surface area contributed by atoms with E-state index in [1.807, 2.05) is 0 Å². The van der Waals surface area contributed by atoms with Gasteiger partial charge in [-0.3, -0.25) is 4.79 Å². The third-order valence-corrected chi connectivity index (χ3v) is 8.53. The minimum atomic E-state index is -1.93. The SMILES string of the molecule is CC(=O)N[C@H]1C(O)O[C@H](CO)[C@@H](O)[C@@H]1O[C@H]1O[C@H](CO)[C@H](O)[C@H](O)[C@H]1O[C@@H]1O[C@@H](C)[C@H](O)[C@@H](O[C@@H]2O[C@@H](C)[C@H](O)[C@@H](O)[C@H]2O)[C@H]1O. The molecule has 20 atom stereocenters. The lowest BCUT2D eigenvalue weighted by Gasteiger charge is -2.49. The quantitative estimate of drug-likeness (QED) is 0.108. The van der Waals surface area contributed by atoms with Crippen molar-refractivity contribution in [2.45, 2.75) is 144 Å². The van der Waals surface area contributed by atoms with Gasteiger partial charge in [-0.05, 0) is 13.8 Å². The zero-order valence-corrected chi connectivity index (χ0v) is 25.1. The van der Waals surface area contributed by atoms with E-state index < -0.39 is 142 Å². The molecule has 20 nitrogen and oxygen atoms in total. The summed E-state index contributed by atoms with van der Waals surface area (Å²) in [6, 6.07) is -1.46. The number of aliphatic hydroxyl groups excluding tert-OH is 11.